The molecule has 0 saturated carbocycles. The standard InChI is InChI=1S/C14H14N6O/c1-20-9-10(7-18-20)13-6-11(4-5-16-13)21-12-2-3-14(19-15)17-8-12/h2-9H,15H2,1H3,(H,17,19). The Morgan fingerprint density at radius 1 is 1.14 bits per heavy atom. The van der Waals surface area contributed by atoms with Gasteiger partial charge in [-0.1, -0.05) is 0 Å². The summed E-state index contributed by atoms with van der Waals surface area (Å²) in [4.78, 5) is 8.40. The molecule has 3 aromatic rings. The van der Waals surface area contributed by atoms with Crippen LogP contribution in [0.3, 0.4) is 0 Å². The number of aryl methyl sites for hydroxylation is 1. The maximum Gasteiger partial charge on any atom is 0.145 e. The molecule has 0 aliphatic rings. The molecule has 0 radical (unpaired) electrons. The van der Waals surface area contributed by atoms with E-state index in [0.29, 0.717) is 17.3 Å². The fourth-order valence-corrected chi connectivity index (χ4v) is 1.85. The summed E-state index contributed by atoms with van der Waals surface area (Å²) in [6, 6.07) is 7.16. The second kappa shape index (κ2) is 5.59. The van der Waals surface area contributed by atoms with Gasteiger partial charge in [0.1, 0.15) is 17.3 Å². The Bertz CT molecular complexity index is 737. The van der Waals surface area contributed by atoms with Crippen molar-refractivity contribution < 1.29 is 4.74 Å². The second-order valence-corrected chi connectivity index (χ2v) is 4.41. The molecule has 0 fully saturated rings. The predicted octanol–water partition coefficient (Wildman–Crippen LogP) is 1.95. The van der Waals surface area contributed by atoms with Crippen molar-refractivity contribution in [2.75, 3.05) is 5.43 Å². The van der Waals surface area contributed by atoms with Crippen LogP contribution in [0.5, 0.6) is 11.5 Å². The number of hydrogen-bond donors (Lipinski definition) is 2. The van der Waals surface area contributed by atoms with E-state index in [1.807, 2.05) is 19.3 Å². The smallest absolute Gasteiger partial charge is 0.145 e. The molecule has 0 bridgehead atoms. The number of hydrazine groups is 1. The van der Waals surface area contributed by atoms with Crippen molar-refractivity contribution in [1.29, 1.82) is 0 Å². The van der Waals surface area contributed by atoms with Crippen LogP contribution >= 0.6 is 0 Å². The van der Waals surface area contributed by atoms with Crippen molar-refractivity contribution in [3.63, 3.8) is 0 Å². The van der Waals surface area contributed by atoms with Crippen LogP contribution in [0.15, 0.2) is 49.1 Å². The molecule has 0 saturated heterocycles. The molecule has 3 aromatic heterocycles. The molecule has 3 N–H and O–H groups in total. The molecule has 3 rings (SSSR count). The van der Waals surface area contributed by atoms with Gasteiger partial charge in [-0.2, -0.15) is 5.10 Å². The summed E-state index contributed by atoms with van der Waals surface area (Å²) in [5.74, 6) is 7.15. The van der Waals surface area contributed by atoms with E-state index in [4.69, 9.17) is 10.6 Å². The molecule has 7 nitrogen and oxygen atoms in total. The quantitative estimate of drug-likeness (QED) is 0.561. The lowest BCUT2D eigenvalue weighted by molar-refractivity contribution is 0.480. The molecule has 0 amide bonds. The predicted molar refractivity (Wildman–Crippen MR) is 78.6 cm³/mol. The molecule has 7 heteroatoms. The molecule has 106 valence electrons. The molecule has 21 heavy (non-hydrogen) atoms. The highest BCUT2D eigenvalue weighted by Gasteiger charge is 2.05. The Balaban J connectivity index is 1.82. The highest BCUT2D eigenvalue weighted by molar-refractivity contribution is 5.58. The minimum Gasteiger partial charge on any atom is -0.456 e. The Hall–Kier alpha value is -2.93. The van der Waals surface area contributed by atoms with Gasteiger partial charge < -0.3 is 10.2 Å². The lowest BCUT2D eigenvalue weighted by atomic mass is 10.2. The summed E-state index contributed by atoms with van der Waals surface area (Å²) >= 11 is 0. The van der Waals surface area contributed by atoms with Crippen LogP contribution in [-0.2, 0) is 7.05 Å². The number of aromatic nitrogens is 4. The summed E-state index contributed by atoms with van der Waals surface area (Å²) in [6.07, 6.45) is 6.95. The molecule has 0 aliphatic carbocycles. The fraction of sp³-hybridized carbons (Fsp3) is 0.0714. The molecular formula is C14H14N6O. The van der Waals surface area contributed by atoms with Crippen molar-refractivity contribution >= 4 is 5.82 Å². The summed E-state index contributed by atoms with van der Waals surface area (Å²) < 4.78 is 7.48. The zero-order valence-corrected chi connectivity index (χ0v) is 11.4. The van der Waals surface area contributed by atoms with Gasteiger partial charge in [-0.25, -0.2) is 10.8 Å². The normalized spacial score (nSPS) is 10.4. The number of nitrogens with one attached hydrogen (secondary N) is 1. The number of nitrogen functional groups attached to an aromatic ring is 1. The number of nitrogens with zero attached hydrogens (tertiary/aromatic N) is 4. The first-order valence-electron chi connectivity index (χ1n) is 6.30. The van der Waals surface area contributed by atoms with Crippen molar-refractivity contribution in [2.45, 2.75) is 0 Å². The minimum absolute atomic E-state index is 0.577. The first kappa shape index (κ1) is 13.1. The lowest BCUT2D eigenvalue weighted by Crippen LogP contribution is -2.07. The molecule has 3 heterocycles. The number of anilines is 1. The van der Waals surface area contributed by atoms with Gasteiger partial charge in [0.25, 0.3) is 0 Å². The van der Waals surface area contributed by atoms with Gasteiger partial charge in [-0.3, -0.25) is 9.67 Å². The molecule has 0 atom stereocenters. The average molecular weight is 282 g/mol. The molecule has 0 spiro atoms. The third-order valence-electron chi connectivity index (χ3n) is 2.85. The average Bonchev–Trinajstić information content (AvgIpc) is 2.95. The first-order chi connectivity index (χ1) is 10.2. The fourth-order valence-electron chi connectivity index (χ4n) is 1.85. The van der Waals surface area contributed by atoms with E-state index in [2.05, 4.69) is 20.5 Å². The Labute approximate surface area is 121 Å². The summed E-state index contributed by atoms with van der Waals surface area (Å²) in [7, 11) is 1.86. The monoisotopic (exact) mass is 282 g/mol. The minimum atomic E-state index is 0.577. The maximum atomic E-state index is 5.75. The second-order valence-electron chi connectivity index (χ2n) is 4.41. The van der Waals surface area contributed by atoms with Gasteiger partial charge in [-0.05, 0) is 18.2 Å². The van der Waals surface area contributed by atoms with E-state index in [9.17, 15) is 0 Å². The van der Waals surface area contributed by atoms with Crippen molar-refractivity contribution in [2.24, 2.45) is 12.9 Å². The number of nitrogens with two attached hydrogens (primary N) is 1. The van der Waals surface area contributed by atoms with Gasteiger partial charge >= 0.3 is 0 Å². The molecular weight excluding hydrogens is 268 g/mol. The first-order valence-corrected chi connectivity index (χ1v) is 6.30. The summed E-state index contributed by atoms with van der Waals surface area (Å²) in [5.41, 5.74) is 4.20. The van der Waals surface area contributed by atoms with Crippen LogP contribution in [-0.4, -0.2) is 19.7 Å². The van der Waals surface area contributed by atoms with Crippen molar-refractivity contribution in [3.8, 4) is 22.8 Å². The summed E-state index contributed by atoms with van der Waals surface area (Å²) in [5, 5.41) is 4.13. The number of hydrogen-bond acceptors (Lipinski definition) is 6. The van der Waals surface area contributed by atoms with Crippen LogP contribution in [0.25, 0.3) is 11.3 Å². The molecule has 0 aromatic carbocycles. The topological polar surface area (TPSA) is 90.9 Å². The van der Waals surface area contributed by atoms with Gasteiger partial charge in [0.15, 0.2) is 0 Å². The van der Waals surface area contributed by atoms with Gasteiger partial charge in [0.2, 0.25) is 0 Å². The van der Waals surface area contributed by atoms with Gasteiger partial charge in [-0.15, -0.1) is 0 Å². The largest absolute Gasteiger partial charge is 0.456 e. The van der Waals surface area contributed by atoms with Gasteiger partial charge in [0.05, 0.1) is 18.1 Å². The Kier molecular flexibility index (Phi) is 3.48. The van der Waals surface area contributed by atoms with Crippen molar-refractivity contribution in [3.05, 3.63) is 49.1 Å². The Morgan fingerprint density at radius 3 is 2.71 bits per heavy atom. The summed E-state index contributed by atoms with van der Waals surface area (Å²) in [6.45, 7) is 0. The zero-order chi connectivity index (χ0) is 14.7. The van der Waals surface area contributed by atoms with E-state index < -0.39 is 0 Å². The van der Waals surface area contributed by atoms with Crippen LogP contribution < -0.4 is 16.0 Å². The highest BCUT2D eigenvalue weighted by atomic mass is 16.5. The third-order valence-corrected chi connectivity index (χ3v) is 2.85. The zero-order valence-electron chi connectivity index (χ0n) is 11.4. The van der Waals surface area contributed by atoms with E-state index in [1.54, 1.807) is 41.5 Å². The van der Waals surface area contributed by atoms with Crippen molar-refractivity contribution in [1.82, 2.24) is 19.7 Å². The maximum absolute atomic E-state index is 5.75. The van der Waals surface area contributed by atoms with Crippen LogP contribution in [0.2, 0.25) is 0 Å². The Morgan fingerprint density at radius 2 is 2.05 bits per heavy atom. The highest BCUT2D eigenvalue weighted by Crippen LogP contribution is 2.25. The lowest BCUT2D eigenvalue weighted by Gasteiger charge is -2.07. The molecule has 0 aliphatic heterocycles. The van der Waals surface area contributed by atoms with E-state index >= 15 is 0 Å². The van der Waals surface area contributed by atoms with E-state index in [0.717, 1.165) is 11.3 Å². The number of rotatable bonds is 4. The molecule has 0 unspecified atom stereocenters. The van der Waals surface area contributed by atoms with E-state index in [-0.39, 0.29) is 0 Å². The van der Waals surface area contributed by atoms with E-state index in [1.165, 1.54) is 0 Å². The number of pyridine rings is 2. The van der Waals surface area contributed by atoms with Crippen LogP contribution in [0, 0.1) is 0 Å². The van der Waals surface area contributed by atoms with Crippen LogP contribution in [0.4, 0.5) is 5.82 Å². The van der Waals surface area contributed by atoms with Gasteiger partial charge in [0, 0.05) is 31.1 Å². The third kappa shape index (κ3) is 2.98. The van der Waals surface area contributed by atoms with Crippen LogP contribution in [0.1, 0.15) is 0 Å². The number of ether oxygens (including phenoxy) is 1. The SMILES string of the molecule is Cn1cc(-c2cc(Oc3ccc(NN)nc3)ccn2)cn1.